The van der Waals surface area contributed by atoms with Crippen molar-refractivity contribution in [2.45, 2.75) is 26.3 Å². The minimum absolute atomic E-state index is 0.0318. The van der Waals surface area contributed by atoms with E-state index in [1.807, 2.05) is 19.9 Å². The van der Waals surface area contributed by atoms with Crippen molar-refractivity contribution < 1.29 is 9.13 Å². The van der Waals surface area contributed by atoms with Gasteiger partial charge in [0.2, 0.25) is 5.95 Å². The van der Waals surface area contributed by atoms with E-state index in [2.05, 4.69) is 15.3 Å². The predicted molar refractivity (Wildman–Crippen MR) is 74.4 cm³/mol. The number of hydrogen-bond acceptors (Lipinski definition) is 4. The topological polar surface area (TPSA) is 47.0 Å². The molecule has 0 saturated heterocycles. The highest BCUT2D eigenvalue weighted by Crippen LogP contribution is 2.34. The molecule has 4 nitrogen and oxygen atoms in total. The van der Waals surface area contributed by atoms with Crippen LogP contribution < -0.4 is 10.1 Å². The molecule has 0 aliphatic carbocycles. The normalized spacial score (nSPS) is 17.2. The zero-order chi connectivity index (χ0) is 14.1. The number of nitrogens with zero attached hydrogens (tertiary/aromatic N) is 2. The molecule has 104 valence electrons. The molecule has 0 spiro atoms. The van der Waals surface area contributed by atoms with Gasteiger partial charge in [-0.15, -0.1) is 0 Å². The van der Waals surface area contributed by atoms with E-state index in [0.717, 1.165) is 29.1 Å². The number of ether oxygens (including phenoxy) is 1. The zero-order valence-electron chi connectivity index (χ0n) is 11.5. The van der Waals surface area contributed by atoms with Gasteiger partial charge in [-0.25, -0.2) is 14.4 Å². The van der Waals surface area contributed by atoms with Crippen LogP contribution in [0.1, 0.15) is 29.4 Å². The maximum atomic E-state index is 13.4. The lowest BCUT2D eigenvalue weighted by atomic mass is 10.0. The average Bonchev–Trinajstić information content (AvgIpc) is 2.38. The summed E-state index contributed by atoms with van der Waals surface area (Å²) in [6.45, 7) is 4.45. The van der Waals surface area contributed by atoms with Crippen LogP contribution >= 0.6 is 0 Å². The fourth-order valence-corrected chi connectivity index (χ4v) is 2.46. The van der Waals surface area contributed by atoms with E-state index >= 15 is 0 Å². The number of aromatic nitrogens is 2. The van der Waals surface area contributed by atoms with Crippen LogP contribution in [0.15, 0.2) is 24.3 Å². The Labute approximate surface area is 117 Å². The van der Waals surface area contributed by atoms with E-state index < -0.39 is 0 Å². The number of rotatable bonds is 2. The summed E-state index contributed by atoms with van der Waals surface area (Å²) in [5.41, 5.74) is 2.64. The number of anilines is 1. The largest absolute Gasteiger partial charge is 0.493 e. The summed E-state index contributed by atoms with van der Waals surface area (Å²) in [6.07, 6.45) is 0.757. The molecule has 1 atom stereocenters. The molecule has 20 heavy (non-hydrogen) atoms. The van der Waals surface area contributed by atoms with E-state index in [1.165, 1.54) is 12.1 Å². The van der Waals surface area contributed by atoms with Crippen molar-refractivity contribution in [2.24, 2.45) is 0 Å². The predicted octanol–water partition coefficient (Wildman–Crippen LogP) is 3.17. The number of benzene rings is 1. The molecular weight excluding hydrogens is 257 g/mol. The molecule has 0 bridgehead atoms. The van der Waals surface area contributed by atoms with Crippen molar-refractivity contribution in [3.05, 3.63) is 47.0 Å². The first kappa shape index (κ1) is 12.8. The van der Waals surface area contributed by atoms with Gasteiger partial charge in [0, 0.05) is 23.4 Å². The van der Waals surface area contributed by atoms with Crippen molar-refractivity contribution in [1.29, 1.82) is 0 Å². The molecule has 1 aliphatic rings. The van der Waals surface area contributed by atoms with Gasteiger partial charge in [-0.2, -0.15) is 0 Å². The van der Waals surface area contributed by atoms with E-state index in [0.29, 0.717) is 12.6 Å². The molecule has 1 aliphatic heterocycles. The highest BCUT2D eigenvalue weighted by molar-refractivity contribution is 5.42. The summed E-state index contributed by atoms with van der Waals surface area (Å²) >= 11 is 0. The van der Waals surface area contributed by atoms with Gasteiger partial charge in [0.05, 0.1) is 12.6 Å². The summed E-state index contributed by atoms with van der Waals surface area (Å²) in [6, 6.07) is 6.48. The van der Waals surface area contributed by atoms with Crippen LogP contribution in [-0.2, 0) is 0 Å². The first-order valence-corrected chi connectivity index (χ1v) is 6.63. The average molecular weight is 273 g/mol. The van der Waals surface area contributed by atoms with Crippen molar-refractivity contribution in [2.75, 3.05) is 11.9 Å². The van der Waals surface area contributed by atoms with E-state index in [4.69, 9.17) is 4.74 Å². The highest BCUT2D eigenvalue weighted by atomic mass is 19.1. The molecule has 1 N–H and O–H groups in total. The van der Waals surface area contributed by atoms with Crippen LogP contribution in [0.2, 0.25) is 0 Å². The summed E-state index contributed by atoms with van der Waals surface area (Å²) < 4.78 is 19.0. The molecule has 1 aromatic carbocycles. The molecule has 0 fully saturated rings. The van der Waals surface area contributed by atoms with Crippen LogP contribution in [-0.4, -0.2) is 16.6 Å². The first-order valence-electron chi connectivity index (χ1n) is 6.63. The van der Waals surface area contributed by atoms with Crippen molar-refractivity contribution in [1.82, 2.24) is 9.97 Å². The molecule has 0 amide bonds. The molecule has 3 rings (SSSR count). The summed E-state index contributed by atoms with van der Waals surface area (Å²) in [5.74, 6) is 1.03. The Morgan fingerprint density at radius 3 is 2.70 bits per heavy atom. The van der Waals surface area contributed by atoms with E-state index in [9.17, 15) is 4.39 Å². The second kappa shape index (κ2) is 5.07. The molecule has 0 radical (unpaired) electrons. The van der Waals surface area contributed by atoms with Crippen LogP contribution in [0.4, 0.5) is 10.3 Å². The Hall–Kier alpha value is -2.17. The van der Waals surface area contributed by atoms with Gasteiger partial charge in [-0.05, 0) is 38.1 Å². The van der Waals surface area contributed by atoms with Gasteiger partial charge in [0.1, 0.15) is 11.6 Å². The lowest BCUT2D eigenvalue weighted by Crippen LogP contribution is -2.21. The van der Waals surface area contributed by atoms with Crippen LogP contribution in [0.25, 0.3) is 0 Å². The van der Waals surface area contributed by atoms with Crippen molar-refractivity contribution in [3.8, 4) is 5.75 Å². The minimum atomic E-state index is -0.262. The molecule has 5 heteroatoms. The quantitative estimate of drug-likeness (QED) is 0.913. The first-order chi connectivity index (χ1) is 9.61. The van der Waals surface area contributed by atoms with Gasteiger partial charge in [-0.1, -0.05) is 0 Å². The summed E-state index contributed by atoms with van der Waals surface area (Å²) in [7, 11) is 0. The Bertz CT molecular complexity index is 625. The second-order valence-electron chi connectivity index (χ2n) is 4.99. The maximum absolute atomic E-state index is 13.4. The van der Waals surface area contributed by atoms with Crippen LogP contribution in [0.3, 0.4) is 0 Å². The Kier molecular flexibility index (Phi) is 3.26. The third kappa shape index (κ3) is 2.57. The monoisotopic (exact) mass is 273 g/mol. The van der Waals surface area contributed by atoms with Crippen molar-refractivity contribution in [3.63, 3.8) is 0 Å². The Balaban J connectivity index is 1.91. The van der Waals surface area contributed by atoms with E-state index in [1.54, 1.807) is 6.07 Å². The smallest absolute Gasteiger partial charge is 0.223 e. The Morgan fingerprint density at radius 1 is 1.20 bits per heavy atom. The van der Waals surface area contributed by atoms with E-state index in [-0.39, 0.29) is 11.9 Å². The molecule has 2 aromatic rings. The third-order valence-corrected chi connectivity index (χ3v) is 3.30. The second-order valence-corrected chi connectivity index (χ2v) is 4.99. The number of fused-ring (bicyclic) bond motifs is 1. The third-order valence-electron chi connectivity index (χ3n) is 3.30. The lowest BCUT2D eigenvalue weighted by molar-refractivity contribution is 0.273. The van der Waals surface area contributed by atoms with Crippen molar-refractivity contribution >= 4 is 5.95 Å². The SMILES string of the molecule is Cc1cc(C)nc(NC2CCOc3ccc(F)cc32)n1. The lowest BCUT2D eigenvalue weighted by Gasteiger charge is -2.26. The molecule has 1 aromatic heterocycles. The minimum Gasteiger partial charge on any atom is -0.493 e. The number of hydrogen-bond donors (Lipinski definition) is 1. The molecule has 2 heterocycles. The fraction of sp³-hybridized carbons (Fsp3) is 0.333. The Morgan fingerprint density at radius 2 is 1.95 bits per heavy atom. The van der Waals surface area contributed by atoms with Gasteiger partial charge in [0.25, 0.3) is 0 Å². The number of aryl methyl sites for hydroxylation is 2. The van der Waals surface area contributed by atoms with Gasteiger partial charge in [0.15, 0.2) is 0 Å². The van der Waals surface area contributed by atoms with Crippen LogP contribution in [0, 0.1) is 19.7 Å². The molecule has 0 saturated carbocycles. The van der Waals surface area contributed by atoms with Gasteiger partial charge < -0.3 is 10.1 Å². The summed E-state index contributed by atoms with van der Waals surface area (Å²) in [4.78, 5) is 8.73. The number of nitrogens with one attached hydrogen (secondary N) is 1. The standard InChI is InChI=1S/C15H16FN3O/c1-9-7-10(2)18-15(17-9)19-13-5-6-20-14-4-3-11(16)8-12(13)14/h3-4,7-8,13H,5-6H2,1-2H3,(H,17,18,19). The molecule has 1 unspecified atom stereocenters. The van der Waals surface area contributed by atoms with Crippen LogP contribution in [0.5, 0.6) is 5.75 Å². The maximum Gasteiger partial charge on any atom is 0.223 e. The fourth-order valence-electron chi connectivity index (χ4n) is 2.46. The van der Waals surface area contributed by atoms with Gasteiger partial charge >= 0.3 is 0 Å². The van der Waals surface area contributed by atoms with Gasteiger partial charge in [-0.3, -0.25) is 0 Å². The highest BCUT2D eigenvalue weighted by Gasteiger charge is 2.22. The summed E-state index contributed by atoms with van der Waals surface area (Å²) in [5, 5.41) is 3.28. The number of halogens is 1. The zero-order valence-corrected chi connectivity index (χ0v) is 11.5. The molecular formula is C15H16FN3O.